The van der Waals surface area contributed by atoms with E-state index in [2.05, 4.69) is 5.32 Å². The van der Waals surface area contributed by atoms with E-state index in [-0.39, 0.29) is 16.1 Å². The van der Waals surface area contributed by atoms with Crippen LogP contribution in [0.1, 0.15) is 22.3 Å². The molecule has 4 rings (SSSR count). The Morgan fingerprint density at radius 2 is 1.72 bits per heavy atom. The number of carbonyl (C=O) groups excluding carboxylic acids is 1. The van der Waals surface area contributed by atoms with Crippen LogP contribution >= 0.6 is 0 Å². The smallest absolute Gasteiger partial charge is 0.269 e. The summed E-state index contributed by atoms with van der Waals surface area (Å²) in [6, 6.07) is 14.8. The minimum Gasteiger partial charge on any atom is -0.322 e. The lowest BCUT2D eigenvalue weighted by molar-refractivity contribution is -0.384. The van der Waals surface area contributed by atoms with Crippen molar-refractivity contribution in [2.45, 2.75) is 17.7 Å². The summed E-state index contributed by atoms with van der Waals surface area (Å²) in [5.41, 5.74) is 1.89. The maximum absolute atomic E-state index is 13.2. The minimum atomic E-state index is -3.86. The van der Waals surface area contributed by atoms with Gasteiger partial charge in [-0.25, -0.2) is 12.8 Å². The van der Waals surface area contributed by atoms with Crippen molar-refractivity contribution in [3.63, 3.8) is 0 Å². The molecule has 0 atom stereocenters. The number of nitrogens with one attached hydrogen (secondary N) is 1. The first-order valence-electron chi connectivity index (χ1n) is 9.73. The van der Waals surface area contributed by atoms with Crippen molar-refractivity contribution in [3.8, 4) is 0 Å². The lowest BCUT2D eigenvalue weighted by atomic mass is 10.0. The van der Waals surface area contributed by atoms with Crippen molar-refractivity contribution in [1.29, 1.82) is 0 Å². The van der Waals surface area contributed by atoms with Crippen LogP contribution < -0.4 is 9.62 Å². The minimum absolute atomic E-state index is 0.00213. The van der Waals surface area contributed by atoms with E-state index in [1.54, 1.807) is 18.2 Å². The van der Waals surface area contributed by atoms with Gasteiger partial charge in [0, 0.05) is 29.9 Å². The molecule has 0 unspecified atom stereocenters. The molecule has 3 aromatic rings. The summed E-state index contributed by atoms with van der Waals surface area (Å²) in [5, 5.41) is 13.5. The van der Waals surface area contributed by atoms with Gasteiger partial charge in [-0.3, -0.25) is 19.2 Å². The number of rotatable bonds is 5. The molecule has 0 aromatic heterocycles. The fraction of sp³-hybridized carbons (Fsp3) is 0.136. The van der Waals surface area contributed by atoms with Gasteiger partial charge in [0.15, 0.2) is 0 Å². The van der Waals surface area contributed by atoms with E-state index in [1.165, 1.54) is 40.7 Å². The molecular weight excluding hydrogens is 437 g/mol. The summed E-state index contributed by atoms with van der Waals surface area (Å²) >= 11 is 0. The van der Waals surface area contributed by atoms with Gasteiger partial charge in [-0.15, -0.1) is 0 Å². The summed E-state index contributed by atoms with van der Waals surface area (Å²) in [6.07, 6.45) is 1.22. The zero-order valence-corrected chi connectivity index (χ0v) is 17.5. The molecule has 0 spiro atoms. The highest BCUT2D eigenvalue weighted by Crippen LogP contribution is 2.34. The number of nitro groups is 1. The van der Waals surface area contributed by atoms with Gasteiger partial charge >= 0.3 is 0 Å². The van der Waals surface area contributed by atoms with Crippen LogP contribution in [0.5, 0.6) is 0 Å². The van der Waals surface area contributed by atoms with Crippen molar-refractivity contribution in [3.05, 3.63) is 93.8 Å². The zero-order chi connectivity index (χ0) is 22.9. The number of non-ortho nitro benzene ring substituents is 1. The Labute approximate surface area is 183 Å². The number of benzene rings is 3. The fourth-order valence-electron chi connectivity index (χ4n) is 3.56. The molecular formula is C22H18FN3O5S. The molecule has 1 aliphatic heterocycles. The number of fused-ring (bicyclic) bond motifs is 1. The summed E-state index contributed by atoms with van der Waals surface area (Å²) < 4.78 is 40.6. The van der Waals surface area contributed by atoms with E-state index in [4.69, 9.17) is 0 Å². The Hall–Kier alpha value is -3.79. The quantitative estimate of drug-likeness (QED) is 0.460. The van der Waals surface area contributed by atoms with E-state index < -0.39 is 26.7 Å². The normalized spacial score (nSPS) is 13.3. The molecule has 8 nitrogen and oxygen atoms in total. The predicted molar refractivity (Wildman–Crippen MR) is 117 cm³/mol. The van der Waals surface area contributed by atoms with E-state index in [9.17, 15) is 27.7 Å². The van der Waals surface area contributed by atoms with Crippen LogP contribution in [0.15, 0.2) is 71.6 Å². The molecule has 1 N–H and O–H groups in total. The molecule has 0 radical (unpaired) electrons. The maximum atomic E-state index is 13.2. The van der Waals surface area contributed by atoms with Crippen molar-refractivity contribution >= 4 is 33.0 Å². The van der Waals surface area contributed by atoms with Gasteiger partial charge in [0.05, 0.1) is 15.5 Å². The largest absolute Gasteiger partial charge is 0.322 e. The van der Waals surface area contributed by atoms with Crippen molar-refractivity contribution in [2.75, 3.05) is 16.2 Å². The highest BCUT2D eigenvalue weighted by Gasteiger charge is 2.29. The number of carbonyl (C=O) groups is 1. The summed E-state index contributed by atoms with van der Waals surface area (Å²) in [4.78, 5) is 22.7. The molecule has 1 amide bonds. The Bertz CT molecular complexity index is 1290. The summed E-state index contributed by atoms with van der Waals surface area (Å²) in [6.45, 7) is 0.293. The van der Waals surface area contributed by atoms with Gasteiger partial charge in [0.1, 0.15) is 5.82 Å². The van der Waals surface area contributed by atoms with E-state index in [0.717, 1.165) is 17.7 Å². The number of sulfonamides is 1. The van der Waals surface area contributed by atoms with Gasteiger partial charge in [0.2, 0.25) is 0 Å². The van der Waals surface area contributed by atoms with Gasteiger partial charge in [-0.1, -0.05) is 0 Å². The first-order valence-corrected chi connectivity index (χ1v) is 11.2. The van der Waals surface area contributed by atoms with Crippen LogP contribution in [-0.2, 0) is 16.4 Å². The standard InChI is InChI=1S/C22H18FN3O5S/c23-17-5-10-20(11-6-17)32(30,31)25-13-1-2-16-14-18(7-12-21(16)25)24-22(27)15-3-8-19(9-4-15)26(28)29/h3-12,14H,1-2,13H2,(H,24,27). The number of anilines is 2. The molecule has 0 saturated heterocycles. The highest BCUT2D eigenvalue weighted by molar-refractivity contribution is 7.92. The molecule has 10 heteroatoms. The molecule has 3 aromatic carbocycles. The molecule has 32 heavy (non-hydrogen) atoms. The Balaban J connectivity index is 1.57. The lowest BCUT2D eigenvalue weighted by Crippen LogP contribution is -2.35. The Kier molecular flexibility index (Phi) is 5.62. The van der Waals surface area contributed by atoms with Crippen molar-refractivity contribution in [1.82, 2.24) is 0 Å². The van der Waals surface area contributed by atoms with E-state index >= 15 is 0 Å². The van der Waals surface area contributed by atoms with Crippen LogP contribution in [0.3, 0.4) is 0 Å². The van der Waals surface area contributed by atoms with Gasteiger partial charge in [0.25, 0.3) is 21.6 Å². The fourth-order valence-corrected chi connectivity index (χ4v) is 5.10. The molecule has 0 bridgehead atoms. The lowest BCUT2D eigenvalue weighted by Gasteiger charge is -2.31. The van der Waals surface area contributed by atoms with Crippen molar-refractivity contribution in [2.24, 2.45) is 0 Å². The average Bonchev–Trinajstić information content (AvgIpc) is 2.78. The van der Waals surface area contributed by atoms with Crippen molar-refractivity contribution < 1.29 is 22.5 Å². The molecule has 0 aliphatic carbocycles. The van der Waals surface area contributed by atoms with E-state index in [0.29, 0.717) is 30.8 Å². The number of hydrogen-bond donors (Lipinski definition) is 1. The second-order valence-corrected chi connectivity index (χ2v) is 9.10. The van der Waals surface area contributed by atoms with Gasteiger partial charge in [-0.05, 0) is 73.0 Å². The van der Waals surface area contributed by atoms with Gasteiger partial charge < -0.3 is 5.32 Å². The SMILES string of the molecule is O=C(Nc1ccc2c(c1)CCCN2S(=O)(=O)c1ccc(F)cc1)c1ccc([N+](=O)[O-])cc1. The van der Waals surface area contributed by atoms with Gasteiger partial charge in [-0.2, -0.15) is 0 Å². The number of amides is 1. The van der Waals surface area contributed by atoms with Crippen LogP contribution in [0.2, 0.25) is 0 Å². The third-order valence-electron chi connectivity index (χ3n) is 5.16. The molecule has 0 saturated carbocycles. The van der Waals surface area contributed by atoms with Crippen LogP contribution in [0.4, 0.5) is 21.5 Å². The Morgan fingerprint density at radius 1 is 1.03 bits per heavy atom. The summed E-state index contributed by atoms with van der Waals surface area (Å²) in [7, 11) is -3.86. The van der Waals surface area contributed by atoms with Crippen LogP contribution in [0, 0.1) is 15.9 Å². The number of halogens is 1. The average molecular weight is 455 g/mol. The number of nitro benzene ring substituents is 1. The summed E-state index contributed by atoms with van der Waals surface area (Å²) in [5.74, 6) is -0.956. The second-order valence-electron chi connectivity index (χ2n) is 7.24. The first-order chi connectivity index (χ1) is 15.3. The topological polar surface area (TPSA) is 110 Å². The second kappa shape index (κ2) is 8.39. The predicted octanol–water partition coefficient (Wildman–Crippen LogP) is 4.13. The highest BCUT2D eigenvalue weighted by atomic mass is 32.2. The Morgan fingerprint density at radius 3 is 2.38 bits per heavy atom. The third kappa shape index (κ3) is 4.17. The third-order valence-corrected chi connectivity index (χ3v) is 6.98. The monoisotopic (exact) mass is 455 g/mol. The molecule has 1 aliphatic rings. The maximum Gasteiger partial charge on any atom is 0.269 e. The first kappa shape index (κ1) is 21.4. The number of nitrogens with zero attached hydrogens (tertiary/aromatic N) is 2. The molecule has 0 fully saturated rings. The molecule has 1 heterocycles. The number of hydrogen-bond acceptors (Lipinski definition) is 5. The zero-order valence-electron chi connectivity index (χ0n) is 16.7. The van der Waals surface area contributed by atoms with Crippen LogP contribution in [-0.4, -0.2) is 25.8 Å². The van der Waals surface area contributed by atoms with Crippen LogP contribution in [0.25, 0.3) is 0 Å². The van der Waals surface area contributed by atoms with E-state index in [1.807, 2.05) is 0 Å². The molecule has 164 valence electrons. The number of aryl methyl sites for hydroxylation is 1.